The van der Waals surface area contributed by atoms with Gasteiger partial charge in [-0.25, -0.2) is 0 Å². The highest BCUT2D eigenvalue weighted by atomic mass is 32.1. The van der Waals surface area contributed by atoms with Crippen molar-refractivity contribution in [2.45, 2.75) is 19.3 Å². The van der Waals surface area contributed by atoms with Gasteiger partial charge in [-0.1, -0.05) is 141 Å². The average Bonchev–Trinajstić information content (AvgIpc) is 3.88. The standard InChI is InChI=1S/C49H31NS/c1-49(2)39-22-8-5-17-36(39)44-46(49)43-37-18-6-9-23-40(37)50(47(43)45-38-19-7-10-24-41(38)51-48(44)45)29-14-11-13-28(27-29)30-25-26-35-32-16-4-3-15-31(32)34-21-12-20-33(30)42(34)35/h3-27H,1-2H3. The van der Waals surface area contributed by atoms with E-state index < -0.39 is 0 Å². The van der Waals surface area contributed by atoms with E-state index in [0.29, 0.717) is 0 Å². The van der Waals surface area contributed by atoms with Gasteiger partial charge < -0.3 is 4.57 Å². The minimum Gasteiger partial charge on any atom is -0.309 e. The highest BCUT2D eigenvalue weighted by Crippen LogP contribution is 2.59. The second-order valence-corrected chi connectivity index (χ2v) is 15.8. The fourth-order valence-electron chi connectivity index (χ4n) is 9.83. The second kappa shape index (κ2) is 9.63. The van der Waals surface area contributed by atoms with E-state index in [1.807, 2.05) is 11.3 Å². The van der Waals surface area contributed by atoms with E-state index in [9.17, 15) is 0 Å². The third kappa shape index (κ3) is 3.41. The molecule has 238 valence electrons. The zero-order valence-electron chi connectivity index (χ0n) is 28.3. The van der Waals surface area contributed by atoms with Crippen molar-refractivity contribution in [2.75, 3.05) is 0 Å². The molecule has 0 spiro atoms. The van der Waals surface area contributed by atoms with Gasteiger partial charge in [-0.05, 0) is 85.1 Å². The van der Waals surface area contributed by atoms with Gasteiger partial charge in [0.25, 0.3) is 0 Å². The molecule has 2 aliphatic carbocycles. The normalized spacial score (nSPS) is 13.8. The molecule has 0 amide bonds. The molecule has 0 N–H and O–H groups in total. The third-order valence-electron chi connectivity index (χ3n) is 11.9. The Labute approximate surface area is 299 Å². The van der Waals surface area contributed by atoms with Crippen LogP contribution in [0.4, 0.5) is 0 Å². The van der Waals surface area contributed by atoms with E-state index >= 15 is 0 Å². The molecule has 2 heteroatoms. The molecule has 0 radical (unpaired) electrons. The minimum atomic E-state index is -0.145. The Hall–Kier alpha value is -5.96. The van der Waals surface area contributed by atoms with Gasteiger partial charge >= 0.3 is 0 Å². The van der Waals surface area contributed by atoms with E-state index in [4.69, 9.17) is 0 Å². The monoisotopic (exact) mass is 665 g/mol. The maximum Gasteiger partial charge on any atom is 0.0637 e. The third-order valence-corrected chi connectivity index (χ3v) is 13.1. The van der Waals surface area contributed by atoms with Crippen LogP contribution in [0.5, 0.6) is 0 Å². The van der Waals surface area contributed by atoms with Crippen LogP contribution in [0.25, 0.3) is 103 Å². The predicted molar refractivity (Wildman–Crippen MR) is 219 cm³/mol. The first-order valence-corrected chi connectivity index (χ1v) is 18.7. The van der Waals surface area contributed by atoms with Crippen molar-refractivity contribution in [1.29, 1.82) is 0 Å². The first kappa shape index (κ1) is 27.8. The zero-order valence-corrected chi connectivity index (χ0v) is 29.1. The van der Waals surface area contributed by atoms with E-state index in [2.05, 4.69) is 170 Å². The maximum atomic E-state index is 2.57. The lowest BCUT2D eigenvalue weighted by Gasteiger charge is -2.23. The Kier molecular flexibility index (Phi) is 5.25. The van der Waals surface area contributed by atoms with Crippen LogP contribution < -0.4 is 0 Å². The Morgan fingerprint density at radius 2 is 1.14 bits per heavy atom. The molecule has 0 aliphatic heterocycles. The predicted octanol–water partition coefficient (Wildman–Crippen LogP) is 13.9. The summed E-state index contributed by atoms with van der Waals surface area (Å²) in [5.41, 5.74) is 17.1. The fraction of sp³-hybridized carbons (Fsp3) is 0.0612. The molecule has 0 unspecified atom stereocenters. The quantitative estimate of drug-likeness (QED) is 0.173. The van der Waals surface area contributed by atoms with Crippen molar-refractivity contribution in [3.63, 3.8) is 0 Å². The molecule has 10 aromatic rings. The van der Waals surface area contributed by atoms with Gasteiger partial charge in [0.2, 0.25) is 0 Å². The molecule has 0 saturated carbocycles. The second-order valence-electron chi connectivity index (χ2n) is 14.8. The summed E-state index contributed by atoms with van der Waals surface area (Å²) >= 11 is 1.95. The van der Waals surface area contributed by atoms with E-state index in [1.54, 1.807) is 0 Å². The number of benzene rings is 8. The first-order chi connectivity index (χ1) is 25.1. The van der Waals surface area contributed by atoms with Crippen molar-refractivity contribution in [3.8, 4) is 50.2 Å². The van der Waals surface area contributed by atoms with Crippen LogP contribution in [0.3, 0.4) is 0 Å². The summed E-state index contributed by atoms with van der Waals surface area (Å²) in [6, 6.07) is 56.8. The van der Waals surface area contributed by atoms with Gasteiger partial charge in [0.15, 0.2) is 0 Å². The summed E-state index contributed by atoms with van der Waals surface area (Å²) in [5.74, 6) is 0. The van der Waals surface area contributed by atoms with Crippen LogP contribution in [0.2, 0.25) is 0 Å². The molecule has 2 aliphatic rings. The molecule has 0 fully saturated rings. The molecule has 2 heterocycles. The molecule has 12 rings (SSSR count). The van der Waals surface area contributed by atoms with Crippen molar-refractivity contribution >= 4 is 64.1 Å². The molecular weight excluding hydrogens is 635 g/mol. The lowest BCUT2D eigenvalue weighted by molar-refractivity contribution is 0.667. The van der Waals surface area contributed by atoms with Gasteiger partial charge in [-0.2, -0.15) is 0 Å². The van der Waals surface area contributed by atoms with Gasteiger partial charge in [0.05, 0.1) is 11.0 Å². The van der Waals surface area contributed by atoms with Crippen molar-refractivity contribution in [3.05, 3.63) is 163 Å². The highest BCUT2D eigenvalue weighted by molar-refractivity contribution is 7.26. The number of nitrogens with zero attached hydrogens (tertiary/aromatic N) is 1. The van der Waals surface area contributed by atoms with Gasteiger partial charge in [-0.3, -0.25) is 0 Å². The maximum absolute atomic E-state index is 2.57. The molecule has 8 aromatic carbocycles. The van der Waals surface area contributed by atoms with Crippen LogP contribution in [-0.2, 0) is 5.41 Å². The number of aromatic nitrogens is 1. The number of hydrogen-bond donors (Lipinski definition) is 0. The number of para-hydroxylation sites is 1. The topological polar surface area (TPSA) is 4.93 Å². The lowest BCUT2D eigenvalue weighted by atomic mass is 9.80. The summed E-state index contributed by atoms with van der Waals surface area (Å²) in [6.45, 7) is 4.85. The summed E-state index contributed by atoms with van der Waals surface area (Å²) in [4.78, 5) is 0. The number of hydrogen-bond acceptors (Lipinski definition) is 1. The summed E-state index contributed by atoms with van der Waals surface area (Å²) in [6.07, 6.45) is 0. The van der Waals surface area contributed by atoms with E-state index in [0.717, 1.165) is 0 Å². The van der Waals surface area contributed by atoms with E-state index in [1.165, 1.54) is 114 Å². The summed E-state index contributed by atoms with van der Waals surface area (Å²) in [5, 5.41) is 8.06. The van der Waals surface area contributed by atoms with Crippen molar-refractivity contribution in [2.24, 2.45) is 0 Å². The van der Waals surface area contributed by atoms with Gasteiger partial charge in [0, 0.05) is 47.6 Å². The Bertz CT molecular complexity index is 3140. The summed E-state index contributed by atoms with van der Waals surface area (Å²) < 4.78 is 5.30. The number of rotatable bonds is 2. The van der Waals surface area contributed by atoms with Crippen molar-refractivity contribution < 1.29 is 0 Å². The smallest absolute Gasteiger partial charge is 0.0637 e. The van der Waals surface area contributed by atoms with Gasteiger partial charge in [0.1, 0.15) is 0 Å². The Balaban J connectivity index is 1.20. The largest absolute Gasteiger partial charge is 0.309 e. The van der Waals surface area contributed by atoms with Crippen LogP contribution in [0.15, 0.2) is 152 Å². The Morgan fingerprint density at radius 1 is 0.490 bits per heavy atom. The van der Waals surface area contributed by atoms with Crippen molar-refractivity contribution in [1.82, 2.24) is 4.57 Å². The van der Waals surface area contributed by atoms with Crippen LogP contribution >= 0.6 is 11.3 Å². The number of fused-ring (bicyclic) bond motifs is 15. The van der Waals surface area contributed by atoms with Crippen LogP contribution in [0, 0.1) is 0 Å². The molecule has 0 bridgehead atoms. The highest BCUT2D eigenvalue weighted by Gasteiger charge is 2.40. The fourth-order valence-corrected chi connectivity index (χ4v) is 11.1. The molecule has 0 saturated heterocycles. The van der Waals surface area contributed by atoms with E-state index in [-0.39, 0.29) is 5.41 Å². The molecule has 2 aromatic heterocycles. The number of thiophene rings is 1. The average molecular weight is 666 g/mol. The lowest BCUT2D eigenvalue weighted by Crippen LogP contribution is -2.15. The minimum absolute atomic E-state index is 0.145. The SMILES string of the molecule is CC1(C)c2ccccc2-c2c1c1c3ccccc3n(-c3cccc(-c4ccc5c6c(cccc46)-c4ccccc4-5)c3)c1c1c2sc2ccccc21. The Morgan fingerprint density at radius 3 is 2.00 bits per heavy atom. The summed E-state index contributed by atoms with van der Waals surface area (Å²) in [7, 11) is 0. The molecular formula is C49H31NS. The van der Waals surface area contributed by atoms with Crippen LogP contribution in [-0.4, -0.2) is 4.57 Å². The zero-order chi connectivity index (χ0) is 33.6. The molecule has 0 atom stereocenters. The van der Waals surface area contributed by atoms with Crippen LogP contribution in [0.1, 0.15) is 25.0 Å². The van der Waals surface area contributed by atoms with Gasteiger partial charge in [-0.15, -0.1) is 11.3 Å². The molecule has 1 nitrogen and oxygen atoms in total. The molecule has 51 heavy (non-hydrogen) atoms. The first-order valence-electron chi connectivity index (χ1n) is 17.9.